The predicted octanol–water partition coefficient (Wildman–Crippen LogP) is 0.402. The number of nitrogens with two attached hydrogens (primary N) is 1. The first-order chi connectivity index (χ1) is 8.27. The van der Waals surface area contributed by atoms with Gasteiger partial charge in [0, 0.05) is 32.1 Å². The second-order valence-electron chi connectivity index (χ2n) is 4.37. The predicted molar refractivity (Wildman–Crippen MR) is 62.5 cm³/mol. The van der Waals surface area contributed by atoms with Gasteiger partial charge in [0.05, 0.1) is 13.2 Å². The third kappa shape index (κ3) is 2.05. The molecule has 2 fully saturated rings. The highest BCUT2D eigenvalue weighted by molar-refractivity contribution is 5.41. The van der Waals surface area contributed by atoms with E-state index in [4.69, 9.17) is 15.2 Å². The van der Waals surface area contributed by atoms with E-state index in [2.05, 4.69) is 14.9 Å². The van der Waals surface area contributed by atoms with Crippen molar-refractivity contribution in [1.29, 1.82) is 0 Å². The zero-order chi connectivity index (χ0) is 11.7. The Morgan fingerprint density at radius 1 is 1.24 bits per heavy atom. The fraction of sp³-hybridized carbons (Fsp3) is 0.636. The molecule has 0 unspecified atom stereocenters. The van der Waals surface area contributed by atoms with Crippen molar-refractivity contribution in [3.8, 4) is 0 Å². The Labute approximate surface area is 99.7 Å². The first-order valence-electron chi connectivity index (χ1n) is 5.89. The van der Waals surface area contributed by atoms with E-state index in [1.165, 1.54) is 0 Å². The first kappa shape index (κ1) is 10.7. The fourth-order valence-electron chi connectivity index (χ4n) is 2.40. The smallest absolute Gasteiger partial charge is 0.221 e. The van der Waals surface area contributed by atoms with Crippen LogP contribution in [-0.4, -0.2) is 42.1 Å². The van der Waals surface area contributed by atoms with Gasteiger partial charge in [-0.3, -0.25) is 0 Å². The van der Waals surface area contributed by atoms with Gasteiger partial charge in [-0.2, -0.15) is 4.98 Å². The lowest BCUT2D eigenvalue weighted by Gasteiger charge is -2.38. The zero-order valence-corrected chi connectivity index (χ0v) is 9.63. The van der Waals surface area contributed by atoms with Crippen LogP contribution in [0.2, 0.25) is 0 Å². The van der Waals surface area contributed by atoms with Crippen molar-refractivity contribution < 1.29 is 9.47 Å². The van der Waals surface area contributed by atoms with Crippen LogP contribution >= 0.6 is 0 Å². The summed E-state index contributed by atoms with van der Waals surface area (Å²) in [7, 11) is 0. The molecule has 1 aromatic heterocycles. The molecule has 2 N–H and O–H groups in total. The van der Waals surface area contributed by atoms with Crippen LogP contribution in [0.4, 0.5) is 11.8 Å². The van der Waals surface area contributed by atoms with Gasteiger partial charge in [0.25, 0.3) is 0 Å². The molecule has 3 rings (SSSR count). The minimum absolute atomic E-state index is 0.316. The Hall–Kier alpha value is -1.40. The molecule has 6 heteroatoms. The van der Waals surface area contributed by atoms with Crippen molar-refractivity contribution >= 4 is 11.8 Å². The standard InChI is InChI=1S/C11H16N4O2/c12-10-13-4-1-9(14-10)15-5-2-11(3-6-15)16-7-8-17-11/h1,4H,2-3,5-8H2,(H2,12,13,14). The van der Waals surface area contributed by atoms with Gasteiger partial charge in [-0.25, -0.2) is 4.98 Å². The van der Waals surface area contributed by atoms with Crippen LogP contribution in [-0.2, 0) is 9.47 Å². The van der Waals surface area contributed by atoms with Crippen molar-refractivity contribution in [2.24, 2.45) is 0 Å². The Kier molecular flexibility index (Phi) is 2.60. The van der Waals surface area contributed by atoms with Crippen LogP contribution in [0.5, 0.6) is 0 Å². The number of piperidine rings is 1. The molecule has 1 aromatic rings. The summed E-state index contributed by atoms with van der Waals surface area (Å²) in [5, 5.41) is 0. The van der Waals surface area contributed by atoms with Crippen LogP contribution in [0.3, 0.4) is 0 Å². The molecule has 17 heavy (non-hydrogen) atoms. The summed E-state index contributed by atoms with van der Waals surface area (Å²) in [6.45, 7) is 3.16. The maximum absolute atomic E-state index is 5.68. The number of nitrogens with zero attached hydrogens (tertiary/aromatic N) is 3. The van der Waals surface area contributed by atoms with Crippen molar-refractivity contribution in [3.05, 3.63) is 12.3 Å². The van der Waals surface area contributed by atoms with E-state index in [0.29, 0.717) is 19.2 Å². The van der Waals surface area contributed by atoms with Gasteiger partial charge >= 0.3 is 0 Å². The van der Waals surface area contributed by atoms with Crippen LogP contribution in [0, 0.1) is 0 Å². The largest absolute Gasteiger partial charge is 0.368 e. The molecule has 0 amide bonds. The minimum atomic E-state index is -0.338. The number of hydrogen-bond donors (Lipinski definition) is 1. The second kappa shape index (κ2) is 4.12. The highest BCUT2D eigenvalue weighted by atomic mass is 16.7. The van der Waals surface area contributed by atoms with E-state index < -0.39 is 0 Å². The molecule has 92 valence electrons. The van der Waals surface area contributed by atoms with Crippen molar-refractivity contribution in [3.63, 3.8) is 0 Å². The van der Waals surface area contributed by atoms with Crippen LogP contribution in [0.25, 0.3) is 0 Å². The molecule has 3 heterocycles. The maximum atomic E-state index is 5.68. The normalized spacial score (nSPS) is 23.2. The van der Waals surface area contributed by atoms with E-state index in [1.807, 2.05) is 6.07 Å². The third-order valence-electron chi connectivity index (χ3n) is 3.32. The van der Waals surface area contributed by atoms with Gasteiger partial charge in [-0.05, 0) is 6.07 Å². The summed E-state index contributed by atoms with van der Waals surface area (Å²) < 4.78 is 11.4. The molecule has 6 nitrogen and oxygen atoms in total. The monoisotopic (exact) mass is 236 g/mol. The number of nitrogen functional groups attached to an aromatic ring is 1. The molecule has 2 saturated heterocycles. The average molecular weight is 236 g/mol. The third-order valence-corrected chi connectivity index (χ3v) is 3.32. The van der Waals surface area contributed by atoms with E-state index in [-0.39, 0.29) is 5.79 Å². The molecule has 0 bridgehead atoms. The Morgan fingerprint density at radius 2 is 1.94 bits per heavy atom. The quantitative estimate of drug-likeness (QED) is 0.761. The molecule has 0 aromatic carbocycles. The number of rotatable bonds is 1. The SMILES string of the molecule is Nc1nccc(N2CCC3(CC2)OCCO3)n1. The minimum Gasteiger partial charge on any atom is -0.368 e. The fourth-order valence-corrected chi connectivity index (χ4v) is 2.40. The number of ether oxygens (including phenoxy) is 2. The van der Waals surface area contributed by atoms with E-state index >= 15 is 0 Å². The lowest BCUT2D eigenvalue weighted by molar-refractivity contribution is -0.169. The van der Waals surface area contributed by atoms with E-state index in [0.717, 1.165) is 31.7 Å². The summed E-state index contributed by atoms with van der Waals surface area (Å²) >= 11 is 0. The van der Waals surface area contributed by atoms with Crippen LogP contribution < -0.4 is 10.6 Å². The molecular weight excluding hydrogens is 220 g/mol. The van der Waals surface area contributed by atoms with Crippen LogP contribution in [0.1, 0.15) is 12.8 Å². The van der Waals surface area contributed by atoms with Gasteiger partial charge < -0.3 is 20.1 Å². The Bertz CT molecular complexity index is 396. The average Bonchev–Trinajstić information content (AvgIpc) is 2.79. The summed E-state index contributed by atoms with van der Waals surface area (Å²) in [6.07, 6.45) is 3.43. The van der Waals surface area contributed by atoms with Crippen molar-refractivity contribution in [2.75, 3.05) is 36.9 Å². The first-order valence-corrected chi connectivity index (χ1v) is 5.89. The van der Waals surface area contributed by atoms with Crippen molar-refractivity contribution in [2.45, 2.75) is 18.6 Å². The van der Waals surface area contributed by atoms with Crippen molar-refractivity contribution in [1.82, 2.24) is 9.97 Å². The molecular formula is C11H16N4O2. The Morgan fingerprint density at radius 3 is 2.59 bits per heavy atom. The van der Waals surface area contributed by atoms with E-state index in [1.54, 1.807) is 6.20 Å². The van der Waals surface area contributed by atoms with Gasteiger partial charge in [0.15, 0.2) is 5.79 Å². The molecule has 2 aliphatic heterocycles. The molecule has 0 atom stereocenters. The number of anilines is 2. The molecule has 0 saturated carbocycles. The van der Waals surface area contributed by atoms with Gasteiger partial charge in [0.2, 0.25) is 5.95 Å². The topological polar surface area (TPSA) is 73.5 Å². The summed E-state index contributed by atoms with van der Waals surface area (Å²) in [6, 6.07) is 1.88. The lowest BCUT2D eigenvalue weighted by Crippen LogP contribution is -2.45. The number of hydrogen-bond acceptors (Lipinski definition) is 6. The molecule has 1 spiro atoms. The molecule has 2 aliphatic rings. The van der Waals surface area contributed by atoms with Gasteiger partial charge in [-0.1, -0.05) is 0 Å². The highest BCUT2D eigenvalue weighted by Gasteiger charge is 2.39. The Balaban J connectivity index is 1.68. The summed E-state index contributed by atoms with van der Waals surface area (Å²) in [4.78, 5) is 10.3. The molecule has 0 radical (unpaired) electrons. The lowest BCUT2D eigenvalue weighted by atomic mass is 10.0. The second-order valence-corrected chi connectivity index (χ2v) is 4.37. The summed E-state index contributed by atoms with van der Waals surface area (Å²) in [5.74, 6) is 0.858. The van der Waals surface area contributed by atoms with Gasteiger partial charge in [-0.15, -0.1) is 0 Å². The highest BCUT2D eigenvalue weighted by Crippen LogP contribution is 2.32. The van der Waals surface area contributed by atoms with Crippen LogP contribution in [0.15, 0.2) is 12.3 Å². The summed E-state index contributed by atoms with van der Waals surface area (Å²) in [5.41, 5.74) is 5.58. The molecule has 0 aliphatic carbocycles. The van der Waals surface area contributed by atoms with Gasteiger partial charge in [0.1, 0.15) is 5.82 Å². The zero-order valence-electron chi connectivity index (χ0n) is 9.63. The van der Waals surface area contributed by atoms with E-state index in [9.17, 15) is 0 Å². The maximum Gasteiger partial charge on any atom is 0.221 e. The number of aromatic nitrogens is 2.